The topological polar surface area (TPSA) is 55.8 Å². The molecule has 0 saturated carbocycles. The highest BCUT2D eigenvalue weighted by Gasteiger charge is 2.37. The monoisotopic (exact) mass is 527 g/mol. The van der Waals surface area contributed by atoms with Gasteiger partial charge in [-0.3, -0.25) is 4.79 Å². The van der Waals surface area contributed by atoms with Crippen molar-refractivity contribution in [1.29, 1.82) is 0 Å². The van der Waals surface area contributed by atoms with Crippen LogP contribution in [0.5, 0.6) is 5.75 Å². The van der Waals surface area contributed by atoms with Gasteiger partial charge in [-0.15, -0.1) is 0 Å². The van der Waals surface area contributed by atoms with Crippen molar-refractivity contribution in [3.05, 3.63) is 112 Å². The number of rotatable bonds is 6. The van der Waals surface area contributed by atoms with Crippen LogP contribution in [-0.2, 0) is 11.2 Å². The molecule has 1 saturated heterocycles. The summed E-state index contributed by atoms with van der Waals surface area (Å²) >= 11 is 6.47. The minimum atomic E-state index is -0.427. The fourth-order valence-corrected chi connectivity index (χ4v) is 5.61. The van der Waals surface area contributed by atoms with E-state index in [4.69, 9.17) is 21.1 Å². The molecule has 5 rings (SSSR count). The molecule has 0 bridgehead atoms. The molecule has 4 aromatic rings. The highest BCUT2D eigenvalue weighted by molar-refractivity contribution is 6.30. The van der Waals surface area contributed by atoms with E-state index in [1.54, 1.807) is 31.4 Å². The van der Waals surface area contributed by atoms with Crippen molar-refractivity contribution < 1.29 is 19.1 Å². The minimum absolute atomic E-state index is 0.0681. The molecule has 0 aliphatic carbocycles. The van der Waals surface area contributed by atoms with Crippen LogP contribution in [0.1, 0.15) is 62.7 Å². The van der Waals surface area contributed by atoms with Crippen LogP contribution in [-0.4, -0.2) is 37.5 Å². The van der Waals surface area contributed by atoms with E-state index in [1.807, 2.05) is 35.2 Å². The van der Waals surface area contributed by atoms with Crippen molar-refractivity contribution in [2.45, 2.75) is 31.7 Å². The number of carbonyl (C=O) groups excluding carboxylic acids is 2. The Balaban J connectivity index is 1.52. The van der Waals surface area contributed by atoms with Gasteiger partial charge in [0.1, 0.15) is 5.75 Å². The molecule has 1 fully saturated rings. The number of hydrogen-bond acceptors (Lipinski definition) is 4. The van der Waals surface area contributed by atoms with E-state index in [1.165, 1.54) is 12.7 Å². The van der Waals surface area contributed by atoms with Gasteiger partial charge in [0, 0.05) is 23.0 Å². The number of nitrogens with zero attached hydrogens (tertiary/aromatic N) is 1. The lowest BCUT2D eigenvalue weighted by atomic mass is 9.92. The number of hydrogen-bond donors (Lipinski definition) is 0. The Hall–Kier alpha value is -3.83. The number of benzene rings is 4. The number of esters is 1. The molecule has 1 amide bonds. The number of ether oxygens (including phenoxy) is 2. The zero-order valence-corrected chi connectivity index (χ0v) is 22.5. The predicted molar refractivity (Wildman–Crippen MR) is 150 cm³/mol. The maximum absolute atomic E-state index is 13.9. The zero-order valence-electron chi connectivity index (χ0n) is 21.7. The average Bonchev–Trinajstić information content (AvgIpc) is 3.41. The highest BCUT2D eigenvalue weighted by Crippen LogP contribution is 2.43. The zero-order chi connectivity index (χ0) is 26.8. The van der Waals surface area contributed by atoms with E-state index in [9.17, 15) is 9.59 Å². The lowest BCUT2D eigenvalue weighted by molar-refractivity contribution is 0.0599. The van der Waals surface area contributed by atoms with E-state index >= 15 is 0 Å². The Morgan fingerprint density at radius 2 is 1.58 bits per heavy atom. The molecule has 6 heteroatoms. The normalized spacial score (nSPS) is 17.0. The predicted octanol–water partition coefficient (Wildman–Crippen LogP) is 7.22. The average molecular weight is 528 g/mol. The van der Waals surface area contributed by atoms with Gasteiger partial charge in [-0.2, -0.15) is 0 Å². The molecule has 38 heavy (non-hydrogen) atoms. The summed E-state index contributed by atoms with van der Waals surface area (Å²) in [6.07, 6.45) is 1.68. The van der Waals surface area contributed by atoms with Gasteiger partial charge in [-0.05, 0) is 94.9 Å². The summed E-state index contributed by atoms with van der Waals surface area (Å²) in [7, 11) is 3.00. The number of halogens is 1. The Morgan fingerprint density at radius 1 is 0.868 bits per heavy atom. The third kappa shape index (κ3) is 5.11. The van der Waals surface area contributed by atoms with Crippen LogP contribution in [0.3, 0.4) is 0 Å². The first kappa shape index (κ1) is 25.8. The van der Waals surface area contributed by atoms with Crippen molar-refractivity contribution in [2.24, 2.45) is 0 Å². The van der Waals surface area contributed by atoms with Gasteiger partial charge in [0.2, 0.25) is 0 Å². The number of amides is 1. The Labute approximate surface area is 227 Å². The molecule has 1 heterocycles. The molecule has 0 aromatic heterocycles. The first-order valence-corrected chi connectivity index (χ1v) is 13.1. The molecule has 1 aliphatic heterocycles. The highest BCUT2D eigenvalue weighted by atomic mass is 35.5. The quantitative estimate of drug-likeness (QED) is 0.248. The van der Waals surface area contributed by atoms with Crippen molar-refractivity contribution >= 4 is 34.2 Å². The van der Waals surface area contributed by atoms with E-state index in [-0.39, 0.29) is 17.9 Å². The number of carbonyl (C=O) groups is 2. The number of fused-ring (bicyclic) bond motifs is 1. The van der Waals surface area contributed by atoms with Crippen LogP contribution in [0.4, 0.5) is 0 Å². The summed E-state index contributed by atoms with van der Waals surface area (Å²) in [5, 5.41) is 2.90. The van der Waals surface area contributed by atoms with Crippen LogP contribution in [0.25, 0.3) is 10.8 Å². The molecule has 2 unspecified atom stereocenters. The molecule has 194 valence electrons. The molecule has 4 aromatic carbocycles. The lowest BCUT2D eigenvalue weighted by Crippen LogP contribution is -2.31. The molecule has 0 spiro atoms. The third-order valence-corrected chi connectivity index (χ3v) is 7.65. The molecule has 2 atom stereocenters. The smallest absolute Gasteiger partial charge is 0.337 e. The van der Waals surface area contributed by atoms with Crippen LogP contribution in [0.2, 0.25) is 5.02 Å². The lowest BCUT2D eigenvalue weighted by Gasteiger charge is -2.25. The van der Waals surface area contributed by atoms with E-state index in [2.05, 4.69) is 31.2 Å². The summed E-state index contributed by atoms with van der Waals surface area (Å²) in [5.74, 6) is 0.463. The fraction of sp³-hybridized carbons (Fsp3) is 0.250. The Kier molecular flexibility index (Phi) is 7.39. The van der Waals surface area contributed by atoms with Crippen LogP contribution >= 0.6 is 11.6 Å². The van der Waals surface area contributed by atoms with E-state index in [0.717, 1.165) is 45.5 Å². The molecule has 1 aliphatic rings. The summed E-state index contributed by atoms with van der Waals surface area (Å²) in [4.78, 5) is 27.7. The Morgan fingerprint density at radius 3 is 2.29 bits per heavy atom. The molecule has 0 N–H and O–H groups in total. The van der Waals surface area contributed by atoms with Crippen molar-refractivity contribution in [3.8, 4) is 5.75 Å². The largest absolute Gasteiger partial charge is 0.497 e. The summed E-state index contributed by atoms with van der Waals surface area (Å²) in [6, 6.07) is 25.1. The molecular weight excluding hydrogens is 498 g/mol. The third-order valence-electron chi connectivity index (χ3n) is 7.43. The number of aryl methyl sites for hydroxylation is 1. The fourth-order valence-electron chi connectivity index (χ4n) is 5.34. The Bertz CT molecular complexity index is 1500. The van der Waals surface area contributed by atoms with E-state index < -0.39 is 5.97 Å². The van der Waals surface area contributed by atoms with Crippen molar-refractivity contribution in [2.75, 3.05) is 20.8 Å². The van der Waals surface area contributed by atoms with Crippen molar-refractivity contribution in [1.82, 2.24) is 4.90 Å². The first-order chi connectivity index (χ1) is 18.4. The second-order valence-corrected chi connectivity index (χ2v) is 10.1. The van der Waals surface area contributed by atoms with Gasteiger partial charge in [0.15, 0.2) is 0 Å². The van der Waals surface area contributed by atoms with Gasteiger partial charge >= 0.3 is 5.97 Å². The van der Waals surface area contributed by atoms with Crippen LogP contribution in [0.15, 0.2) is 78.9 Å². The second kappa shape index (κ2) is 10.9. The maximum Gasteiger partial charge on any atom is 0.337 e. The van der Waals surface area contributed by atoms with Crippen molar-refractivity contribution in [3.63, 3.8) is 0 Å². The standard InChI is InChI=1S/C32H30ClNO4/c1-4-20-13-26(16-28(33)14-20)27-18-30(25-10-9-24-17-29(37-2)12-11-23(24)15-25)34(19-27)31(35)21-5-7-22(8-6-21)32(36)38-3/h5-17,27,30H,4,18-19H2,1-3H3. The molecule has 5 nitrogen and oxygen atoms in total. The maximum atomic E-state index is 13.9. The summed E-state index contributed by atoms with van der Waals surface area (Å²) in [6.45, 7) is 2.69. The van der Waals surface area contributed by atoms with Gasteiger partial charge < -0.3 is 14.4 Å². The minimum Gasteiger partial charge on any atom is -0.497 e. The second-order valence-electron chi connectivity index (χ2n) is 9.69. The van der Waals surface area contributed by atoms with Gasteiger partial charge in [-0.25, -0.2) is 4.79 Å². The van der Waals surface area contributed by atoms with E-state index in [0.29, 0.717) is 17.7 Å². The summed E-state index contributed by atoms with van der Waals surface area (Å²) in [5.41, 5.74) is 4.38. The van der Waals surface area contributed by atoms with Crippen LogP contribution in [0, 0.1) is 0 Å². The molecule has 0 radical (unpaired) electrons. The number of methoxy groups -OCH3 is 2. The summed E-state index contributed by atoms with van der Waals surface area (Å²) < 4.78 is 10.2. The van der Waals surface area contributed by atoms with Gasteiger partial charge in [0.05, 0.1) is 25.8 Å². The SMILES string of the molecule is CCc1cc(Cl)cc(C2CC(c3ccc4cc(OC)ccc4c3)N(C(=O)c3ccc(C(=O)OC)cc3)C2)c1. The van der Waals surface area contributed by atoms with Gasteiger partial charge in [0.25, 0.3) is 5.91 Å². The van der Waals surface area contributed by atoms with Gasteiger partial charge in [-0.1, -0.05) is 42.8 Å². The molecular formula is C32H30ClNO4. The number of likely N-dealkylation sites (tertiary alicyclic amines) is 1. The van der Waals surface area contributed by atoms with Crippen LogP contribution < -0.4 is 4.74 Å². The first-order valence-electron chi connectivity index (χ1n) is 12.8.